The predicted molar refractivity (Wildman–Crippen MR) is 81.7 cm³/mol. The summed E-state index contributed by atoms with van der Waals surface area (Å²) in [6.45, 7) is 7.50. The van der Waals surface area contributed by atoms with Crippen molar-refractivity contribution in [1.82, 2.24) is 14.9 Å². The Morgan fingerprint density at radius 1 is 1.42 bits per heavy atom. The third-order valence-corrected chi connectivity index (χ3v) is 4.40. The van der Waals surface area contributed by atoms with E-state index in [0.717, 1.165) is 18.7 Å². The normalized spacial score (nSPS) is 13.1. The van der Waals surface area contributed by atoms with Gasteiger partial charge in [-0.15, -0.1) is 11.3 Å². The van der Waals surface area contributed by atoms with E-state index in [4.69, 9.17) is 0 Å². The molecule has 2 aromatic rings. The Hall–Kier alpha value is -1.13. The summed E-state index contributed by atoms with van der Waals surface area (Å²) < 4.78 is 2.22. The van der Waals surface area contributed by atoms with Crippen molar-refractivity contribution in [1.29, 1.82) is 0 Å². The molecule has 2 rings (SSSR count). The maximum Gasteiger partial charge on any atom is 0.0926 e. The van der Waals surface area contributed by atoms with Crippen molar-refractivity contribution in [2.24, 2.45) is 5.92 Å². The molecule has 2 aromatic heterocycles. The topological polar surface area (TPSA) is 29.9 Å². The molecule has 4 heteroatoms. The highest BCUT2D eigenvalue weighted by molar-refractivity contribution is 7.09. The molecule has 2 heterocycles. The molecule has 0 aliphatic rings. The molecule has 0 radical (unpaired) electrons. The Bertz CT molecular complexity index is 513. The molecule has 0 aromatic carbocycles. The van der Waals surface area contributed by atoms with Gasteiger partial charge in [-0.1, -0.05) is 20.8 Å². The standard InChI is InChI=1S/C15H23N3S/c1-5-14-17-13(10-19-14)9-18-7-6-12(8-18)15(16-4)11(2)3/h6-8,10-11,15-16H,5,9H2,1-4H3. The molecule has 0 aliphatic heterocycles. The third kappa shape index (κ3) is 3.45. The highest BCUT2D eigenvalue weighted by Gasteiger charge is 2.14. The summed E-state index contributed by atoms with van der Waals surface area (Å²) in [7, 11) is 2.02. The van der Waals surface area contributed by atoms with Gasteiger partial charge >= 0.3 is 0 Å². The SMILES string of the molecule is CCc1nc(Cn2ccc(C(NC)C(C)C)c2)cs1. The molecule has 0 bridgehead atoms. The smallest absolute Gasteiger partial charge is 0.0926 e. The molecule has 0 amide bonds. The predicted octanol–water partition coefficient (Wildman–Crippen LogP) is 3.47. The van der Waals surface area contributed by atoms with Crippen LogP contribution in [0.15, 0.2) is 23.8 Å². The van der Waals surface area contributed by atoms with Gasteiger partial charge in [0.25, 0.3) is 0 Å². The van der Waals surface area contributed by atoms with E-state index in [2.05, 4.69) is 59.5 Å². The summed E-state index contributed by atoms with van der Waals surface area (Å²) >= 11 is 1.75. The van der Waals surface area contributed by atoms with Crippen molar-refractivity contribution in [3.05, 3.63) is 40.1 Å². The number of thiazole rings is 1. The molecular weight excluding hydrogens is 254 g/mol. The number of aromatic nitrogens is 2. The second-order valence-corrected chi connectivity index (χ2v) is 6.16. The van der Waals surface area contributed by atoms with E-state index >= 15 is 0 Å². The van der Waals surface area contributed by atoms with E-state index in [1.54, 1.807) is 11.3 Å². The van der Waals surface area contributed by atoms with E-state index in [0.29, 0.717) is 12.0 Å². The lowest BCUT2D eigenvalue weighted by atomic mass is 9.99. The van der Waals surface area contributed by atoms with Crippen molar-refractivity contribution in [3.63, 3.8) is 0 Å². The van der Waals surface area contributed by atoms with Gasteiger partial charge in [-0.2, -0.15) is 0 Å². The first kappa shape index (κ1) is 14.3. The number of aryl methyl sites for hydroxylation is 1. The zero-order valence-electron chi connectivity index (χ0n) is 12.2. The molecule has 0 saturated heterocycles. The average Bonchev–Trinajstić information content (AvgIpc) is 3.00. The van der Waals surface area contributed by atoms with Crippen LogP contribution < -0.4 is 5.32 Å². The summed E-state index contributed by atoms with van der Waals surface area (Å²) in [5, 5.41) is 6.76. The highest BCUT2D eigenvalue weighted by atomic mass is 32.1. The van der Waals surface area contributed by atoms with Gasteiger partial charge in [0, 0.05) is 23.8 Å². The van der Waals surface area contributed by atoms with Crippen molar-refractivity contribution in [2.75, 3.05) is 7.05 Å². The Morgan fingerprint density at radius 3 is 2.79 bits per heavy atom. The first-order chi connectivity index (χ1) is 9.13. The molecule has 1 N–H and O–H groups in total. The molecule has 1 atom stereocenters. The van der Waals surface area contributed by atoms with Gasteiger partial charge in [0.15, 0.2) is 0 Å². The number of hydrogen-bond acceptors (Lipinski definition) is 3. The van der Waals surface area contributed by atoms with Crippen molar-refractivity contribution in [2.45, 2.75) is 39.8 Å². The summed E-state index contributed by atoms with van der Waals surface area (Å²) in [5.74, 6) is 0.590. The summed E-state index contributed by atoms with van der Waals surface area (Å²) in [5.41, 5.74) is 2.51. The van der Waals surface area contributed by atoms with Crippen LogP contribution in [0.25, 0.3) is 0 Å². The minimum Gasteiger partial charge on any atom is -0.348 e. The maximum absolute atomic E-state index is 4.62. The molecule has 0 spiro atoms. The first-order valence-corrected chi connectivity index (χ1v) is 7.78. The maximum atomic E-state index is 4.62. The van der Waals surface area contributed by atoms with E-state index < -0.39 is 0 Å². The minimum atomic E-state index is 0.419. The zero-order chi connectivity index (χ0) is 13.8. The minimum absolute atomic E-state index is 0.419. The Morgan fingerprint density at radius 2 is 2.21 bits per heavy atom. The van der Waals surface area contributed by atoms with Crippen LogP contribution in [0.1, 0.15) is 43.1 Å². The first-order valence-electron chi connectivity index (χ1n) is 6.90. The molecule has 104 valence electrons. The van der Waals surface area contributed by atoms with E-state index in [9.17, 15) is 0 Å². The molecule has 0 saturated carbocycles. The van der Waals surface area contributed by atoms with Crippen molar-refractivity contribution < 1.29 is 0 Å². The second-order valence-electron chi connectivity index (χ2n) is 5.21. The van der Waals surface area contributed by atoms with Gasteiger partial charge in [-0.3, -0.25) is 0 Å². The quantitative estimate of drug-likeness (QED) is 0.876. The Kier molecular flexibility index (Phi) is 4.77. The van der Waals surface area contributed by atoms with E-state index in [1.807, 2.05) is 7.05 Å². The lowest BCUT2D eigenvalue weighted by Gasteiger charge is -2.18. The average molecular weight is 277 g/mol. The fourth-order valence-electron chi connectivity index (χ4n) is 2.40. The van der Waals surface area contributed by atoms with Crippen LogP contribution in [-0.2, 0) is 13.0 Å². The molecule has 3 nitrogen and oxygen atoms in total. The lowest BCUT2D eigenvalue weighted by molar-refractivity contribution is 0.442. The fourth-order valence-corrected chi connectivity index (χ4v) is 3.13. The van der Waals surface area contributed by atoms with Gasteiger partial charge in [0.2, 0.25) is 0 Å². The van der Waals surface area contributed by atoms with Crippen molar-refractivity contribution in [3.8, 4) is 0 Å². The molecule has 0 aliphatic carbocycles. The van der Waals surface area contributed by atoms with Crippen LogP contribution in [0.5, 0.6) is 0 Å². The van der Waals surface area contributed by atoms with E-state index in [-0.39, 0.29) is 0 Å². The fraction of sp³-hybridized carbons (Fsp3) is 0.533. The van der Waals surface area contributed by atoms with Crippen LogP contribution in [0.2, 0.25) is 0 Å². The Balaban J connectivity index is 2.08. The monoisotopic (exact) mass is 277 g/mol. The van der Waals surface area contributed by atoms with Crippen molar-refractivity contribution >= 4 is 11.3 Å². The van der Waals surface area contributed by atoms with Crippen LogP contribution in [0.3, 0.4) is 0 Å². The van der Waals surface area contributed by atoms with Gasteiger partial charge in [-0.05, 0) is 31.0 Å². The van der Waals surface area contributed by atoms with Gasteiger partial charge in [0.05, 0.1) is 17.2 Å². The van der Waals surface area contributed by atoms with Gasteiger partial charge in [-0.25, -0.2) is 4.98 Å². The van der Waals surface area contributed by atoms with Gasteiger partial charge in [0.1, 0.15) is 0 Å². The highest BCUT2D eigenvalue weighted by Crippen LogP contribution is 2.22. The lowest BCUT2D eigenvalue weighted by Crippen LogP contribution is -2.21. The largest absolute Gasteiger partial charge is 0.348 e. The second kappa shape index (κ2) is 6.35. The number of nitrogens with zero attached hydrogens (tertiary/aromatic N) is 2. The third-order valence-electron chi connectivity index (χ3n) is 3.36. The zero-order valence-corrected chi connectivity index (χ0v) is 13.0. The summed E-state index contributed by atoms with van der Waals surface area (Å²) in [6.07, 6.45) is 5.40. The van der Waals surface area contributed by atoms with Crippen LogP contribution >= 0.6 is 11.3 Å². The number of nitrogens with one attached hydrogen (secondary N) is 1. The van der Waals surface area contributed by atoms with Gasteiger partial charge < -0.3 is 9.88 Å². The van der Waals surface area contributed by atoms with E-state index in [1.165, 1.54) is 10.6 Å². The Labute approximate surface area is 119 Å². The molecule has 19 heavy (non-hydrogen) atoms. The van der Waals surface area contributed by atoms with Crippen LogP contribution in [0.4, 0.5) is 0 Å². The molecule has 1 unspecified atom stereocenters. The summed E-state index contributed by atoms with van der Waals surface area (Å²) in [6, 6.07) is 2.62. The number of hydrogen-bond donors (Lipinski definition) is 1. The summed E-state index contributed by atoms with van der Waals surface area (Å²) in [4.78, 5) is 4.62. The van der Waals surface area contributed by atoms with Crippen LogP contribution in [0, 0.1) is 5.92 Å². The van der Waals surface area contributed by atoms with Crippen LogP contribution in [-0.4, -0.2) is 16.6 Å². The number of rotatable bonds is 6. The molecule has 0 fully saturated rings. The molecular formula is C15H23N3S.